The van der Waals surface area contributed by atoms with Crippen LogP contribution in [0.2, 0.25) is 0 Å². The Morgan fingerprint density at radius 1 is 1.11 bits per heavy atom. The van der Waals surface area contributed by atoms with Crippen LogP contribution in [-0.2, 0) is 14.4 Å². The van der Waals surface area contributed by atoms with E-state index in [-0.39, 0.29) is 6.54 Å². The quantitative estimate of drug-likeness (QED) is 0.534. The zero-order valence-corrected chi connectivity index (χ0v) is 16.2. The van der Waals surface area contributed by atoms with E-state index in [2.05, 4.69) is 21.2 Å². The SMILES string of the molecule is CCCCN1C(=O)C(=O)N(CC(=O)Nc2cc3c(cc2Br)OCCO3)C1=O. The highest BCUT2D eigenvalue weighted by Gasteiger charge is 2.44. The highest BCUT2D eigenvalue weighted by atomic mass is 79.9. The molecule has 0 atom stereocenters. The fourth-order valence-corrected chi connectivity index (χ4v) is 3.12. The first-order valence-corrected chi connectivity index (χ1v) is 9.28. The number of fused-ring (bicyclic) bond motifs is 1. The summed E-state index contributed by atoms with van der Waals surface area (Å²) in [6, 6.07) is 2.48. The van der Waals surface area contributed by atoms with Gasteiger partial charge in [-0.05, 0) is 22.4 Å². The number of nitrogens with zero attached hydrogens (tertiary/aromatic N) is 2. The van der Waals surface area contributed by atoms with Gasteiger partial charge in [0.25, 0.3) is 0 Å². The second-order valence-electron chi connectivity index (χ2n) is 6.01. The fraction of sp³-hybridized carbons (Fsp3) is 0.412. The number of unbranched alkanes of at least 4 members (excludes halogenated alkanes) is 1. The summed E-state index contributed by atoms with van der Waals surface area (Å²) >= 11 is 3.33. The van der Waals surface area contributed by atoms with Crippen LogP contribution in [0, 0.1) is 0 Å². The van der Waals surface area contributed by atoms with Crippen molar-refractivity contribution in [3.63, 3.8) is 0 Å². The molecular weight excluding hydrogens is 422 g/mol. The van der Waals surface area contributed by atoms with E-state index >= 15 is 0 Å². The van der Waals surface area contributed by atoms with Crippen molar-refractivity contribution in [2.75, 3.05) is 31.6 Å². The summed E-state index contributed by atoms with van der Waals surface area (Å²) in [5.41, 5.74) is 0.400. The number of nitrogens with one attached hydrogen (secondary N) is 1. The first kappa shape index (κ1) is 19.2. The number of carbonyl (C=O) groups is 4. The molecule has 3 rings (SSSR count). The number of imide groups is 2. The molecule has 5 amide bonds. The maximum Gasteiger partial charge on any atom is 0.334 e. The molecule has 2 aliphatic heterocycles. The normalized spacial score (nSPS) is 16.1. The van der Waals surface area contributed by atoms with Gasteiger partial charge in [-0.1, -0.05) is 13.3 Å². The lowest BCUT2D eigenvalue weighted by Gasteiger charge is -2.20. The minimum Gasteiger partial charge on any atom is -0.486 e. The Morgan fingerprint density at radius 2 is 1.74 bits per heavy atom. The number of hydrogen-bond acceptors (Lipinski definition) is 6. The molecule has 27 heavy (non-hydrogen) atoms. The van der Waals surface area contributed by atoms with Crippen molar-refractivity contribution in [3.8, 4) is 11.5 Å². The third-order valence-corrected chi connectivity index (χ3v) is 4.73. The number of amides is 5. The van der Waals surface area contributed by atoms with Crippen LogP contribution in [0.5, 0.6) is 11.5 Å². The molecule has 1 N–H and O–H groups in total. The van der Waals surface area contributed by atoms with Crippen LogP contribution >= 0.6 is 15.9 Å². The van der Waals surface area contributed by atoms with Crippen molar-refractivity contribution in [2.24, 2.45) is 0 Å². The third kappa shape index (κ3) is 3.90. The van der Waals surface area contributed by atoms with Crippen molar-refractivity contribution in [3.05, 3.63) is 16.6 Å². The predicted molar refractivity (Wildman–Crippen MR) is 97.5 cm³/mol. The molecule has 0 spiro atoms. The lowest BCUT2D eigenvalue weighted by molar-refractivity contribution is -0.143. The van der Waals surface area contributed by atoms with Gasteiger partial charge in [-0.15, -0.1) is 0 Å². The molecule has 144 valence electrons. The summed E-state index contributed by atoms with van der Waals surface area (Å²) in [6.07, 6.45) is 1.36. The van der Waals surface area contributed by atoms with Gasteiger partial charge in [0.1, 0.15) is 19.8 Å². The molecule has 0 bridgehead atoms. The zero-order valence-electron chi connectivity index (χ0n) is 14.6. The standard InChI is InChI=1S/C17H18BrN3O6/c1-2-3-4-20-15(23)16(24)21(17(20)25)9-14(22)19-11-8-13-12(7-10(11)18)26-5-6-27-13/h7-8H,2-6,9H2,1H3,(H,19,22). The Bertz CT molecular complexity index is 812. The molecule has 0 saturated carbocycles. The maximum atomic E-state index is 12.3. The second-order valence-corrected chi connectivity index (χ2v) is 6.86. The highest BCUT2D eigenvalue weighted by molar-refractivity contribution is 9.10. The summed E-state index contributed by atoms with van der Waals surface area (Å²) in [6.45, 7) is 2.35. The van der Waals surface area contributed by atoms with E-state index in [4.69, 9.17) is 9.47 Å². The minimum absolute atomic E-state index is 0.158. The van der Waals surface area contributed by atoms with Crippen LogP contribution in [0.3, 0.4) is 0 Å². The molecule has 9 nitrogen and oxygen atoms in total. The van der Waals surface area contributed by atoms with Crippen LogP contribution in [0.1, 0.15) is 19.8 Å². The van der Waals surface area contributed by atoms with E-state index in [1.807, 2.05) is 6.92 Å². The van der Waals surface area contributed by atoms with Crippen molar-refractivity contribution < 1.29 is 28.7 Å². The predicted octanol–water partition coefficient (Wildman–Crippen LogP) is 1.75. The van der Waals surface area contributed by atoms with E-state index in [0.717, 1.165) is 11.3 Å². The van der Waals surface area contributed by atoms with Crippen LogP contribution in [0.4, 0.5) is 10.5 Å². The van der Waals surface area contributed by atoms with E-state index in [9.17, 15) is 19.2 Å². The largest absolute Gasteiger partial charge is 0.486 e. The number of hydrogen-bond donors (Lipinski definition) is 1. The molecule has 0 aromatic heterocycles. The smallest absolute Gasteiger partial charge is 0.334 e. The monoisotopic (exact) mass is 439 g/mol. The minimum atomic E-state index is -0.993. The molecule has 1 saturated heterocycles. The number of urea groups is 1. The van der Waals surface area contributed by atoms with Crippen LogP contribution in [-0.4, -0.2) is 59.9 Å². The van der Waals surface area contributed by atoms with E-state index in [1.165, 1.54) is 0 Å². The molecule has 2 heterocycles. The summed E-state index contributed by atoms with van der Waals surface area (Å²) in [5.74, 6) is -1.48. The van der Waals surface area contributed by atoms with Crippen molar-refractivity contribution in [1.82, 2.24) is 9.80 Å². The lowest BCUT2D eigenvalue weighted by Crippen LogP contribution is -2.39. The number of carbonyl (C=O) groups excluding carboxylic acids is 4. The summed E-state index contributed by atoms with van der Waals surface area (Å²) in [4.78, 5) is 50.1. The molecule has 1 aromatic rings. The summed E-state index contributed by atoms with van der Waals surface area (Å²) < 4.78 is 11.5. The van der Waals surface area contributed by atoms with Crippen LogP contribution in [0.25, 0.3) is 0 Å². The Labute approximate surface area is 163 Å². The molecule has 0 unspecified atom stereocenters. The van der Waals surface area contributed by atoms with Gasteiger partial charge >= 0.3 is 17.8 Å². The summed E-state index contributed by atoms with van der Waals surface area (Å²) in [7, 11) is 0. The molecule has 10 heteroatoms. The van der Waals surface area contributed by atoms with E-state index < -0.39 is 30.3 Å². The molecule has 1 aromatic carbocycles. The number of anilines is 1. The number of benzene rings is 1. The molecular formula is C17H18BrN3O6. The Balaban J connectivity index is 1.68. The average molecular weight is 440 g/mol. The van der Waals surface area contributed by atoms with Gasteiger partial charge in [-0.2, -0.15) is 0 Å². The number of ether oxygens (including phenoxy) is 2. The van der Waals surface area contributed by atoms with E-state index in [0.29, 0.717) is 46.2 Å². The lowest BCUT2D eigenvalue weighted by atomic mass is 10.2. The van der Waals surface area contributed by atoms with Crippen molar-refractivity contribution >= 4 is 45.4 Å². The van der Waals surface area contributed by atoms with Crippen molar-refractivity contribution in [2.45, 2.75) is 19.8 Å². The summed E-state index contributed by atoms with van der Waals surface area (Å²) in [5, 5.41) is 2.60. The molecule has 0 aliphatic carbocycles. The van der Waals surface area contributed by atoms with Gasteiger partial charge in [0.05, 0.1) is 5.69 Å². The highest BCUT2D eigenvalue weighted by Crippen LogP contribution is 2.38. The van der Waals surface area contributed by atoms with Crippen LogP contribution < -0.4 is 14.8 Å². The Hall–Kier alpha value is -2.62. The topological polar surface area (TPSA) is 105 Å². The van der Waals surface area contributed by atoms with Gasteiger partial charge in [-0.25, -0.2) is 9.69 Å². The van der Waals surface area contributed by atoms with Gasteiger partial charge in [0, 0.05) is 23.2 Å². The second kappa shape index (κ2) is 7.95. The third-order valence-electron chi connectivity index (χ3n) is 4.08. The van der Waals surface area contributed by atoms with Gasteiger partial charge in [0.2, 0.25) is 5.91 Å². The van der Waals surface area contributed by atoms with Gasteiger partial charge < -0.3 is 14.8 Å². The number of rotatable bonds is 6. The first-order chi connectivity index (χ1) is 12.9. The first-order valence-electron chi connectivity index (χ1n) is 8.48. The zero-order chi connectivity index (χ0) is 19.6. The maximum absolute atomic E-state index is 12.3. The molecule has 0 radical (unpaired) electrons. The van der Waals surface area contributed by atoms with Crippen LogP contribution in [0.15, 0.2) is 16.6 Å². The van der Waals surface area contributed by atoms with Crippen molar-refractivity contribution in [1.29, 1.82) is 0 Å². The average Bonchev–Trinajstić information content (AvgIpc) is 2.84. The Morgan fingerprint density at radius 3 is 2.41 bits per heavy atom. The fourth-order valence-electron chi connectivity index (χ4n) is 2.70. The number of halogens is 1. The Kier molecular flexibility index (Phi) is 5.64. The molecule has 1 fully saturated rings. The van der Waals surface area contributed by atoms with E-state index in [1.54, 1.807) is 12.1 Å². The molecule has 2 aliphatic rings. The van der Waals surface area contributed by atoms with Gasteiger partial charge in [-0.3, -0.25) is 19.3 Å². The van der Waals surface area contributed by atoms with Gasteiger partial charge in [0.15, 0.2) is 11.5 Å².